The summed E-state index contributed by atoms with van der Waals surface area (Å²) in [6.07, 6.45) is 1.02. The first-order chi connectivity index (χ1) is 11.5. The summed E-state index contributed by atoms with van der Waals surface area (Å²) < 4.78 is 0. The quantitative estimate of drug-likeness (QED) is 0.765. The molecule has 6 heteroatoms. The van der Waals surface area contributed by atoms with E-state index in [2.05, 4.69) is 25.7 Å². The number of carbonyl (C=O) groups excluding carboxylic acids is 1. The molecule has 0 aliphatic carbocycles. The lowest BCUT2D eigenvalue weighted by Crippen LogP contribution is -2.17. The maximum atomic E-state index is 12.3. The van der Waals surface area contributed by atoms with E-state index in [1.165, 1.54) is 0 Å². The molecule has 1 heterocycles. The molecule has 24 heavy (non-hydrogen) atoms. The predicted octanol–water partition coefficient (Wildman–Crippen LogP) is 2.71. The minimum absolute atomic E-state index is 0.256. The van der Waals surface area contributed by atoms with Gasteiger partial charge in [0.2, 0.25) is 0 Å². The normalized spacial score (nSPS) is 10.7. The Morgan fingerprint density at radius 2 is 1.92 bits per heavy atom. The van der Waals surface area contributed by atoms with Crippen LogP contribution in [-0.2, 0) is 0 Å². The van der Waals surface area contributed by atoms with Gasteiger partial charge in [-0.15, -0.1) is 10.2 Å². The number of nitrogens with one attached hydrogen (secondary N) is 2. The van der Waals surface area contributed by atoms with Gasteiger partial charge in [0.05, 0.1) is 0 Å². The highest BCUT2D eigenvalue weighted by Crippen LogP contribution is 2.16. The second kappa shape index (κ2) is 8.40. The average molecular weight is 327 g/mol. The van der Waals surface area contributed by atoms with Gasteiger partial charge in [-0.05, 0) is 64.7 Å². The summed E-state index contributed by atoms with van der Waals surface area (Å²) in [4.78, 5) is 14.4. The molecule has 2 aromatic rings. The summed E-state index contributed by atoms with van der Waals surface area (Å²) in [5, 5.41) is 14.1. The number of nitrogens with zero attached hydrogens (tertiary/aromatic N) is 3. The van der Waals surface area contributed by atoms with Crippen LogP contribution >= 0.6 is 0 Å². The van der Waals surface area contributed by atoms with Gasteiger partial charge in [0.15, 0.2) is 5.69 Å². The lowest BCUT2D eigenvalue weighted by atomic mass is 10.1. The summed E-state index contributed by atoms with van der Waals surface area (Å²) in [6.45, 7) is 5.82. The molecule has 2 N–H and O–H groups in total. The Bertz CT molecular complexity index is 682. The predicted molar refractivity (Wildman–Crippen MR) is 97.6 cm³/mol. The number of aromatic nitrogens is 2. The molecule has 0 saturated carbocycles. The number of anilines is 2. The number of hydrogen-bond acceptors (Lipinski definition) is 5. The van der Waals surface area contributed by atoms with Gasteiger partial charge in [-0.25, -0.2) is 0 Å². The molecular formula is C18H25N5O. The molecule has 1 aromatic heterocycles. The fourth-order valence-electron chi connectivity index (χ4n) is 2.30. The van der Waals surface area contributed by atoms with Crippen LogP contribution in [0.5, 0.6) is 0 Å². The van der Waals surface area contributed by atoms with E-state index in [-0.39, 0.29) is 5.91 Å². The SMILES string of the molecule is Cc1ccc(NC(=O)c2ccc(NCCCN(C)C)nn2)c(C)c1. The van der Waals surface area contributed by atoms with E-state index in [1.807, 2.05) is 46.1 Å². The Balaban J connectivity index is 1.91. The van der Waals surface area contributed by atoms with Crippen molar-refractivity contribution >= 4 is 17.4 Å². The molecule has 0 radical (unpaired) electrons. The molecule has 0 saturated heterocycles. The third kappa shape index (κ3) is 5.31. The Hall–Kier alpha value is -2.47. The van der Waals surface area contributed by atoms with Gasteiger partial charge in [0.25, 0.3) is 5.91 Å². The smallest absolute Gasteiger partial charge is 0.276 e. The number of benzene rings is 1. The molecule has 128 valence electrons. The van der Waals surface area contributed by atoms with Crippen molar-refractivity contribution < 1.29 is 4.79 Å². The Morgan fingerprint density at radius 1 is 1.12 bits per heavy atom. The number of rotatable bonds is 7. The molecule has 1 amide bonds. The highest BCUT2D eigenvalue weighted by Gasteiger charge is 2.10. The molecular weight excluding hydrogens is 302 g/mol. The maximum absolute atomic E-state index is 12.3. The van der Waals surface area contributed by atoms with Crippen LogP contribution in [0, 0.1) is 13.8 Å². The first kappa shape index (κ1) is 17.9. The van der Waals surface area contributed by atoms with Gasteiger partial charge < -0.3 is 15.5 Å². The number of aryl methyl sites for hydroxylation is 2. The van der Waals surface area contributed by atoms with E-state index in [1.54, 1.807) is 12.1 Å². The van der Waals surface area contributed by atoms with E-state index in [0.717, 1.165) is 36.3 Å². The van der Waals surface area contributed by atoms with Crippen molar-refractivity contribution in [3.63, 3.8) is 0 Å². The van der Waals surface area contributed by atoms with Crippen LogP contribution in [0.1, 0.15) is 28.0 Å². The summed E-state index contributed by atoms with van der Waals surface area (Å²) in [5.41, 5.74) is 3.28. The van der Waals surface area contributed by atoms with Gasteiger partial charge in [0.1, 0.15) is 5.82 Å². The first-order valence-corrected chi connectivity index (χ1v) is 8.06. The molecule has 0 fully saturated rings. The zero-order chi connectivity index (χ0) is 17.5. The molecule has 0 spiro atoms. The van der Waals surface area contributed by atoms with Crippen molar-refractivity contribution in [1.29, 1.82) is 0 Å². The standard InChI is InChI=1S/C18H25N5O/c1-13-6-7-15(14(2)12-13)20-18(24)16-8-9-17(22-21-16)19-10-5-11-23(3)4/h6-9,12H,5,10-11H2,1-4H3,(H,19,22)(H,20,24). The summed E-state index contributed by atoms with van der Waals surface area (Å²) in [7, 11) is 4.09. The Labute approximate surface area is 143 Å². The number of hydrogen-bond donors (Lipinski definition) is 2. The van der Waals surface area contributed by atoms with Crippen LogP contribution in [0.4, 0.5) is 11.5 Å². The average Bonchev–Trinajstić information content (AvgIpc) is 2.54. The number of amides is 1. The molecule has 0 atom stereocenters. The summed E-state index contributed by atoms with van der Waals surface area (Å²) in [6, 6.07) is 9.35. The van der Waals surface area contributed by atoms with E-state index < -0.39 is 0 Å². The van der Waals surface area contributed by atoms with Crippen molar-refractivity contribution in [1.82, 2.24) is 15.1 Å². The van der Waals surface area contributed by atoms with Crippen LogP contribution in [0.15, 0.2) is 30.3 Å². The lowest BCUT2D eigenvalue weighted by molar-refractivity contribution is 0.102. The van der Waals surface area contributed by atoms with Gasteiger partial charge in [-0.3, -0.25) is 4.79 Å². The van der Waals surface area contributed by atoms with Gasteiger partial charge >= 0.3 is 0 Å². The third-order valence-corrected chi connectivity index (χ3v) is 3.62. The number of carbonyl (C=O) groups is 1. The van der Waals surface area contributed by atoms with Gasteiger partial charge in [0, 0.05) is 12.2 Å². The zero-order valence-electron chi connectivity index (χ0n) is 14.8. The van der Waals surface area contributed by atoms with Crippen molar-refractivity contribution in [2.75, 3.05) is 37.8 Å². The largest absolute Gasteiger partial charge is 0.369 e. The van der Waals surface area contributed by atoms with Crippen molar-refractivity contribution in [3.05, 3.63) is 47.2 Å². The Kier molecular flexibility index (Phi) is 6.26. The third-order valence-electron chi connectivity index (χ3n) is 3.62. The molecule has 0 unspecified atom stereocenters. The highest BCUT2D eigenvalue weighted by atomic mass is 16.1. The van der Waals surface area contributed by atoms with E-state index in [9.17, 15) is 4.79 Å². The fourth-order valence-corrected chi connectivity index (χ4v) is 2.30. The van der Waals surface area contributed by atoms with Crippen molar-refractivity contribution in [3.8, 4) is 0 Å². The summed E-state index contributed by atoms with van der Waals surface area (Å²) >= 11 is 0. The minimum atomic E-state index is -0.256. The first-order valence-electron chi connectivity index (χ1n) is 8.06. The zero-order valence-corrected chi connectivity index (χ0v) is 14.8. The Morgan fingerprint density at radius 3 is 2.54 bits per heavy atom. The van der Waals surface area contributed by atoms with E-state index >= 15 is 0 Å². The second-order valence-electron chi connectivity index (χ2n) is 6.16. The van der Waals surface area contributed by atoms with E-state index in [0.29, 0.717) is 11.5 Å². The second-order valence-corrected chi connectivity index (χ2v) is 6.16. The molecule has 2 rings (SSSR count). The monoisotopic (exact) mass is 327 g/mol. The van der Waals surface area contributed by atoms with Gasteiger partial charge in [-0.1, -0.05) is 17.7 Å². The lowest BCUT2D eigenvalue weighted by Gasteiger charge is -2.10. The summed E-state index contributed by atoms with van der Waals surface area (Å²) in [5.74, 6) is 0.422. The van der Waals surface area contributed by atoms with Crippen LogP contribution in [0.2, 0.25) is 0 Å². The van der Waals surface area contributed by atoms with E-state index in [4.69, 9.17) is 0 Å². The topological polar surface area (TPSA) is 70.2 Å². The highest BCUT2D eigenvalue weighted by molar-refractivity contribution is 6.03. The maximum Gasteiger partial charge on any atom is 0.276 e. The molecule has 6 nitrogen and oxygen atoms in total. The van der Waals surface area contributed by atoms with Crippen LogP contribution in [-0.4, -0.2) is 48.2 Å². The minimum Gasteiger partial charge on any atom is -0.369 e. The molecule has 0 bridgehead atoms. The molecule has 0 aliphatic heterocycles. The molecule has 1 aromatic carbocycles. The van der Waals surface area contributed by atoms with Crippen molar-refractivity contribution in [2.24, 2.45) is 0 Å². The van der Waals surface area contributed by atoms with Crippen molar-refractivity contribution in [2.45, 2.75) is 20.3 Å². The van der Waals surface area contributed by atoms with Crippen LogP contribution in [0.3, 0.4) is 0 Å². The van der Waals surface area contributed by atoms with Crippen LogP contribution in [0.25, 0.3) is 0 Å². The van der Waals surface area contributed by atoms with Crippen LogP contribution < -0.4 is 10.6 Å². The van der Waals surface area contributed by atoms with Gasteiger partial charge in [-0.2, -0.15) is 0 Å². The molecule has 0 aliphatic rings. The fraction of sp³-hybridized carbons (Fsp3) is 0.389.